The molecule has 0 saturated carbocycles. The average molecular weight is 240 g/mol. The van der Waals surface area contributed by atoms with Gasteiger partial charge < -0.3 is 20.1 Å². The quantitative estimate of drug-likeness (QED) is 0.632. The zero-order valence-electron chi connectivity index (χ0n) is 9.97. The molecular weight excluding hydrogens is 220 g/mol. The lowest BCUT2D eigenvalue weighted by Gasteiger charge is -2.07. The summed E-state index contributed by atoms with van der Waals surface area (Å²) in [7, 11) is 0. The number of aliphatic hydroxyl groups is 1. The van der Waals surface area contributed by atoms with E-state index >= 15 is 0 Å². The molecule has 0 saturated heterocycles. The monoisotopic (exact) mass is 240 g/mol. The Kier molecular flexibility index (Phi) is 6.54. The minimum Gasteiger partial charge on any atom is -0.396 e. The average Bonchev–Trinajstić information content (AvgIpc) is 2.35. The molecule has 0 radical (unpaired) electrons. The maximum atomic E-state index is 11.8. The van der Waals surface area contributed by atoms with E-state index in [4.69, 9.17) is 15.6 Å². The molecule has 3 N–H and O–H groups in total. The van der Waals surface area contributed by atoms with Gasteiger partial charge in [-0.25, -0.2) is 0 Å². The van der Waals surface area contributed by atoms with E-state index in [-0.39, 0.29) is 18.7 Å². The molecule has 5 nitrogen and oxygen atoms in total. The molecule has 0 aliphatic carbocycles. The lowest BCUT2D eigenvalue weighted by Crippen LogP contribution is -2.26. The first-order valence-corrected chi connectivity index (χ1v) is 5.86. The molecule has 0 amide bonds. The van der Waals surface area contributed by atoms with Crippen LogP contribution in [-0.4, -0.2) is 29.5 Å². The maximum Gasteiger partial charge on any atom is 0.255 e. The molecule has 96 valence electrons. The first kappa shape index (κ1) is 13.9. The highest BCUT2D eigenvalue weighted by molar-refractivity contribution is 5.09. The van der Waals surface area contributed by atoms with E-state index in [0.717, 1.165) is 12.8 Å². The molecule has 0 atom stereocenters. The number of unbranched alkanes of at least 4 members (excludes halogenated alkanes) is 1. The number of rotatable bonds is 8. The topological polar surface area (TPSA) is 77.5 Å². The Morgan fingerprint density at radius 1 is 1.35 bits per heavy atom. The Morgan fingerprint density at radius 2 is 2.18 bits per heavy atom. The molecule has 1 aromatic heterocycles. The SMILES string of the molecule is NCc1cccn(CCOCCCCO)c1=O. The number of nitrogens with two attached hydrogens (primary N) is 1. The fourth-order valence-corrected chi connectivity index (χ4v) is 1.50. The molecule has 0 aliphatic rings. The largest absolute Gasteiger partial charge is 0.396 e. The number of hydrogen-bond donors (Lipinski definition) is 2. The van der Waals surface area contributed by atoms with Gasteiger partial charge in [-0.15, -0.1) is 0 Å². The van der Waals surface area contributed by atoms with E-state index < -0.39 is 0 Å². The summed E-state index contributed by atoms with van der Waals surface area (Å²) in [6.45, 7) is 2.11. The molecule has 1 rings (SSSR count). The molecule has 0 unspecified atom stereocenters. The molecule has 1 heterocycles. The highest BCUT2D eigenvalue weighted by Gasteiger charge is 2.00. The second-order valence-electron chi connectivity index (χ2n) is 3.78. The highest BCUT2D eigenvalue weighted by atomic mass is 16.5. The molecule has 0 spiro atoms. The summed E-state index contributed by atoms with van der Waals surface area (Å²) in [5.74, 6) is 0. The van der Waals surface area contributed by atoms with Gasteiger partial charge in [0.05, 0.1) is 6.61 Å². The van der Waals surface area contributed by atoms with E-state index in [2.05, 4.69) is 0 Å². The van der Waals surface area contributed by atoms with Crippen LogP contribution in [0.15, 0.2) is 23.1 Å². The standard InChI is InChI=1S/C12H20N2O3/c13-10-11-4-3-5-14(12(11)16)6-9-17-8-2-1-7-15/h3-5,15H,1-2,6-10,13H2. The van der Waals surface area contributed by atoms with Gasteiger partial charge in [0.2, 0.25) is 0 Å². The van der Waals surface area contributed by atoms with Crippen LogP contribution in [0.1, 0.15) is 18.4 Å². The maximum absolute atomic E-state index is 11.8. The van der Waals surface area contributed by atoms with Crippen LogP contribution in [0.5, 0.6) is 0 Å². The minimum absolute atomic E-state index is 0.0473. The number of hydrogen-bond acceptors (Lipinski definition) is 4. The van der Waals surface area contributed by atoms with Crippen molar-refractivity contribution < 1.29 is 9.84 Å². The van der Waals surface area contributed by atoms with Crippen molar-refractivity contribution in [3.63, 3.8) is 0 Å². The summed E-state index contributed by atoms with van der Waals surface area (Å²) in [5, 5.41) is 8.58. The zero-order valence-corrected chi connectivity index (χ0v) is 9.97. The number of ether oxygens (including phenoxy) is 1. The van der Waals surface area contributed by atoms with Gasteiger partial charge in [-0.2, -0.15) is 0 Å². The van der Waals surface area contributed by atoms with Crippen LogP contribution in [0.3, 0.4) is 0 Å². The summed E-state index contributed by atoms with van der Waals surface area (Å²) in [5.41, 5.74) is 6.03. The second-order valence-corrected chi connectivity index (χ2v) is 3.78. The third kappa shape index (κ3) is 4.68. The Labute approximate surface area is 101 Å². The van der Waals surface area contributed by atoms with E-state index in [1.54, 1.807) is 16.8 Å². The van der Waals surface area contributed by atoms with E-state index in [1.807, 2.05) is 6.07 Å². The molecule has 5 heteroatoms. The van der Waals surface area contributed by atoms with Gasteiger partial charge in [-0.1, -0.05) is 6.07 Å². The summed E-state index contributed by atoms with van der Waals surface area (Å²) >= 11 is 0. The van der Waals surface area contributed by atoms with Gasteiger partial charge >= 0.3 is 0 Å². The van der Waals surface area contributed by atoms with Gasteiger partial charge in [0, 0.05) is 38.1 Å². The van der Waals surface area contributed by atoms with Crippen molar-refractivity contribution in [1.29, 1.82) is 0 Å². The molecule has 1 aromatic rings. The Balaban J connectivity index is 2.34. The summed E-state index contributed by atoms with van der Waals surface area (Å²) < 4.78 is 6.97. The van der Waals surface area contributed by atoms with Crippen molar-refractivity contribution in [1.82, 2.24) is 4.57 Å². The third-order valence-corrected chi connectivity index (χ3v) is 2.49. The number of aliphatic hydroxyl groups excluding tert-OH is 1. The number of nitrogens with zero attached hydrogens (tertiary/aromatic N) is 1. The van der Waals surface area contributed by atoms with Crippen LogP contribution in [0.2, 0.25) is 0 Å². The van der Waals surface area contributed by atoms with Crippen LogP contribution in [0.4, 0.5) is 0 Å². The number of aromatic nitrogens is 1. The Bertz CT molecular complexity index is 376. The molecular formula is C12H20N2O3. The van der Waals surface area contributed by atoms with Crippen LogP contribution in [0, 0.1) is 0 Å². The van der Waals surface area contributed by atoms with Gasteiger partial charge in [-0.05, 0) is 18.9 Å². The van der Waals surface area contributed by atoms with Crippen molar-refractivity contribution in [2.75, 3.05) is 19.8 Å². The van der Waals surface area contributed by atoms with Crippen LogP contribution in [-0.2, 0) is 17.8 Å². The van der Waals surface area contributed by atoms with Crippen molar-refractivity contribution in [3.8, 4) is 0 Å². The Morgan fingerprint density at radius 3 is 2.88 bits per heavy atom. The molecule has 0 aromatic carbocycles. The van der Waals surface area contributed by atoms with Crippen molar-refractivity contribution in [3.05, 3.63) is 34.2 Å². The van der Waals surface area contributed by atoms with E-state index in [9.17, 15) is 4.79 Å². The fourth-order valence-electron chi connectivity index (χ4n) is 1.50. The van der Waals surface area contributed by atoms with Gasteiger partial charge in [0.25, 0.3) is 5.56 Å². The molecule has 0 aliphatic heterocycles. The van der Waals surface area contributed by atoms with E-state index in [1.165, 1.54) is 0 Å². The van der Waals surface area contributed by atoms with Gasteiger partial charge in [0.15, 0.2) is 0 Å². The molecule has 0 bridgehead atoms. The first-order valence-electron chi connectivity index (χ1n) is 5.86. The van der Waals surface area contributed by atoms with Crippen molar-refractivity contribution >= 4 is 0 Å². The smallest absolute Gasteiger partial charge is 0.255 e. The lowest BCUT2D eigenvalue weighted by molar-refractivity contribution is 0.117. The predicted octanol–water partition coefficient (Wildman–Crippen LogP) is 0.0961. The zero-order chi connectivity index (χ0) is 12.5. The van der Waals surface area contributed by atoms with Gasteiger partial charge in [-0.3, -0.25) is 4.79 Å². The molecule has 0 fully saturated rings. The third-order valence-electron chi connectivity index (χ3n) is 2.49. The van der Waals surface area contributed by atoms with Crippen LogP contribution < -0.4 is 11.3 Å². The van der Waals surface area contributed by atoms with Crippen molar-refractivity contribution in [2.45, 2.75) is 25.9 Å². The van der Waals surface area contributed by atoms with Gasteiger partial charge in [0.1, 0.15) is 0 Å². The Hall–Kier alpha value is -1.17. The second kappa shape index (κ2) is 8.00. The van der Waals surface area contributed by atoms with Crippen molar-refractivity contribution in [2.24, 2.45) is 5.73 Å². The predicted molar refractivity (Wildman–Crippen MR) is 65.7 cm³/mol. The normalized spacial score (nSPS) is 10.7. The lowest BCUT2D eigenvalue weighted by atomic mass is 10.3. The molecule has 17 heavy (non-hydrogen) atoms. The first-order chi connectivity index (χ1) is 8.29. The minimum atomic E-state index is -0.0473. The summed E-state index contributed by atoms with van der Waals surface area (Å²) in [4.78, 5) is 11.8. The van der Waals surface area contributed by atoms with Crippen LogP contribution >= 0.6 is 0 Å². The van der Waals surface area contributed by atoms with Crippen LogP contribution in [0.25, 0.3) is 0 Å². The summed E-state index contributed by atoms with van der Waals surface area (Å²) in [6.07, 6.45) is 3.33. The summed E-state index contributed by atoms with van der Waals surface area (Å²) in [6, 6.07) is 3.55. The fraction of sp³-hybridized carbons (Fsp3) is 0.583. The number of pyridine rings is 1. The highest BCUT2D eigenvalue weighted by Crippen LogP contribution is 1.92. The van der Waals surface area contributed by atoms with E-state index in [0.29, 0.717) is 25.3 Å².